The van der Waals surface area contributed by atoms with Crippen LogP contribution < -0.4 is 10.6 Å². The minimum absolute atomic E-state index is 0.0368. The van der Waals surface area contributed by atoms with Crippen LogP contribution in [0.3, 0.4) is 0 Å². The van der Waals surface area contributed by atoms with Crippen molar-refractivity contribution in [1.29, 1.82) is 0 Å². The summed E-state index contributed by atoms with van der Waals surface area (Å²) in [6.45, 7) is 2.00. The van der Waals surface area contributed by atoms with Gasteiger partial charge in [0.25, 0.3) is 5.91 Å². The molecule has 0 saturated heterocycles. The molecule has 0 unspecified atom stereocenters. The fourth-order valence-corrected chi connectivity index (χ4v) is 2.03. The SMILES string of the molecule is CCOC(=O)CNc1ncccc1NC(=O)c1cccc(Cl)c1. The van der Waals surface area contributed by atoms with E-state index in [2.05, 4.69) is 15.6 Å². The molecule has 0 radical (unpaired) electrons. The molecule has 0 aliphatic carbocycles. The van der Waals surface area contributed by atoms with Gasteiger partial charge in [0.1, 0.15) is 12.4 Å². The molecule has 0 aliphatic rings. The van der Waals surface area contributed by atoms with E-state index in [0.717, 1.165) is 0 Å². The third-order valence-corrected chi connectivity index (χ3v) is 3.08. The van der Waals surface area contributed by atoms with Gasteiger partial charge in [-0.15, -0.1) is 0 Å². The van der Waals surface area contributed by atoms with Crippen LogP contribution in [0.1, 0.15) is 17.3 Å². The van der Waals surface area contributed by atoms with Crippen LogP contribution in [0.2, 0.25) is 5.02 Å². The van der Waals surface area contributed by atoms with Crippen LogP contribution in [0.4, 0.5) is 11.5 Å². The topological polar surface area (TPSA) is 80.3 Å². The predicted molar refractivity (Wildman–Crippen MR) is 88.8 cm³/mol. The van der Waals surface area contributed by atoms with Crippen LogP contribution in [-0.2, 0) is 9.53 Å². The lowest BCUT2D eigenvalue weighted by atomic mass is 10.2. The molecule has 0 aliphatic heterocycles. The van der Waals surface area contributed by atoms with E-state index in [1.807, 2.05) is 0 Å². The van der Waals surface area contributed by atoms with Crippen molar-refractivity contribution in [3.05, 3.63) is 53.2 Å². The number of hydrogen-bond donors (Lipinski definition) is 2. The van der Waals surface area contributed by atoms with Crippen LogP contribution in [0.5, 0.6) is 0 Å². The normalized spacial score (nSPS) is 10.0. The molecule has 23 heavy (non-hydrogen) atoms. The summed E-state index contributed by atoms with van der Waals surface area (Å²) in [5.74, 6) is -0.333. The van der Waals surface area contributed by atoms with Crippen molar-refractivity contribution >= 4 is 35.0 Å². The van der Waals surface area contributed by atoms with Crippen molar-refractivity contribution in [2.75, 3.05) is 23.8 Å². The van der Waals surface area contributed by atoms with Crippen molar-refractivity contribution in [2.45, 2.75) is 6.92 Å². The van der Waals surface area contributed by atoms with Gasteiger partial charge in [-0.25, -0.2) is 4.98 Å². The van der Waals surface area contributed by atoms with Crippen LogP contribution in [0.25, 0.3) is 0 Å². The number of nitrogens with zero attached hydrogens (tertiary/aromatic N) is 1. The molecule has 6 nitrogen and oxygen atoms in total. The summed E-state index contributed by atoms with van der Waals surface area (Å²) in [5.41, 5.74) is 0.888. The first kappa shape index (κ1) is 16.8. The van der Waals surface area contributed by atoms with Crippen molar-refractivity contribution in [3.8, 4) is 0 Å². The average Bonchev–Trinajstić information content (AvgIpc) is 2.54. The first-order valence-corrected chi connectivity index (χ1v) is 7.39. The summed E-state index contributed by atoms with van der Waals surface area (Å²) in [5, 5.41) is 6.05. The van der Waals surface area contributed by atoms with Crippen LogP contribution in [0, 0.1) is 0 Å². The highest BCUT2D eigenvalue weighted by Crippen LogP contribution is 2.19. The molecule has 120 valence electrons. The summed E-state index contributed by atoms with van der Waals surface area (Å²) < 4.78 is 4.84. The van der Waals surface area contributed by atoms with Crippen LogP contribution in [0.15, 0.2) is 42.6 Å². The van der Waals surface area contributed by atoms with E-state index in [0.29, 0.717) is 28.7 Å². The van der Waals surface area contributed by atoms with Gasteiger partial charge in [-0.05, 0) is 37.3 Å². The lowest BCUT2D eigenvalue weighted by molar-refractivity contribution is -0.140. The van der Waals surface area contributed by atoms with Gasteiger partial charge < -0.3 is 15.4 Å². The quantitative estimate of drug-likeness (QED) is 0.794. The number of rotatable bonds is 6. The number of esters is 1. The second-order valence-corrected chi connectivity index (χ2v) is 4.96. The molecule has 1 amide bonds. The molecular weight excluding hydrogens is 318 g/mol. The van der Waals surface area contributed by atoms with Gasteiger partial charge >= 0.3 is 5.97 Å². The van der Waals surface area contributed by atoms with Gasteiger partial charge in [0, 0.05) is 16.8 Å². The molecule has 2 rings (SSSR count). The summed E-state index contributed by atoms with van der Waals surface area (Å²) in [6, 6.07) is 9.98. The molecular formula is C16H16ClN3O3. The second kappa shape index (κ2) is 8.14. The Bertz CT molecular complexity index is 706. The summed E-state index contributed by atoms with van der Waals surface area (Å²) in [6.07, 6.45) is 1.56. The monoisotopic (exact) mass is 333 g/mol. The highest BCUT2D eigenvalue weighted by molar-refractivity contribution is 6.31. The van der Waals surface area contributed by atoms with Crippen LogP contribution >= 0.6 is 11.6 Å². The fourth-order valence-electron chi connectivity index (χ4n) is 1.84. The fraction of sp³-hybridized carbons (Fsp3) is 0.188. The zero-order valence-electron chi connectivity index (χ0n) is 12.5. The molecule has 0 spiro atoms. The zero-order valence-corrected chi connectivity index (χ0v) is 13.3. The zero-order chi connectivity index (χ0) is 16.7. The number of amides is 1. The first-order valence-electron chi connectivity index (χ1n) is 7.01. The molecule has 1 aromatic heterocycles. The van der Waals surface area contributed by atoms with Gasteiger partial charge in [0.05, 0.1) is 12.3 Å². The maximum atomic E-state index is 12.2. The van der Waals surface area contributed by atoms with Gasteiger partial charge in [0.2, 0.25) is 0 Å². The summed E-state index contributed by atoms with van der Waals surface area (Å²) in [7, 11) is 0. The van der Waals surface area contributed by atoms with Gasteiger partial charge in [-0.2, -0.15) is 0 Å². The number of hydrogen-bond acceptors (Lipinski definition) is 5. The lowest BCUT2D eigenvalue weighted by Gasteiger charge is -2.11. The molecule has 1 heterocycles. The van der Waals surface area contributed by atoms with Crippen molar-refractivity contribution in [2.24, 2.45) is 0 Å². The van der Waals surface area contributed by atoms with E-state index in [1.165, 1.54) is 0 Å². The number of halogens is 1. The molecule has 0 atom stereocenters. The molecule has 0 saturated carbocycles. The van der Waals surface area contributed by atoms with Crippen molar-refractivity contribution in [3.63, 3.8) is 0 Å². The number of benzene rings is 1. The Morgan fingerprint density at radius 3 is 2.83 bits per heavy atom. The molecule has 1 aromatic carbocycles. The van der Waals surface area contributed by atoms with Gasteiger partial charge in [0.15, 0.2) is 0 Å². The van der Waals surface area contributed by atoms with Crippen molar-refractivity contribution in [1.82, 2.24) is 4.98 Å². The van der Waals surface area contributed by atoms with E-state index in [9.17, 15) is 9.59 Å². The maximum absolute atomic E-state index is 12.2. The molecule has 2 N–H and O–H groups in total. The number of anilines is 2. The van der Waals surface area contributed by atoms with Gasteiger partial charge in [-0.3, -0.25) is 9.59 Å². The highest BCUT2D eigenvalue weighted by atomic mass is 35.5. The number of aromatic nitrogens is 1. The van der Waals surface area contributed by atoms with Crippen molar-refractivity contribution < 1.29 is 14.3 Å². The van der Waals surface area contributed by atoms with E-state index in [-0.39, 0.29) is 12.5 Å². The summed E-state index contributed by atoms with van der Waals surface area (Å²) >= 11 is 5.88. The third-order valence-electron chi connectivity index (χ3n) is 2.85. The maximum Gasteiger partial charge on any atom is 0.325 e. The number of carbonyl (C=O) groups excluding carboxylic acids is 2. The van der Waals surface area contributed by atoms with Crippen LogP contribution in [-0.4, -0.2) is 30.0 Å². The smallest absolute Gasteiger partial charge is 0.325 e. The van der Waals surface area contributed by atoms with E-state index in [1.54, 1.807) is 49.5 Å². The summed E-state index contributed by atoms with van der Waals surface area (Å²) in [4.78, 5) is 27.8. The number of nitrogens with one attached hydrogen (secondary N) is 2. The Hall–Kier alpha value is -2.60. The first-order chi connectivity index (χ1) is 11.1. The number of carbonyl (C=O) groups is 2. The van der Waals surface area contributed by atoms with Gasteiger partial charge in [-0.1, -0.05) is 17.7 Å². The Kier molecular flexibility index (Phi) is 5.94. The average molecular weight is 334 g/mol. The minimum atomic E-state index is -0.398. The largest absolute Gasteiger partial charge is 0.465 e. The Morgan fingerprint density at radius 2 is 2.09 bits per heavy atom. The Balaban J connectivity index is 2.08. The standard InChI is InChI=1S/C16H16ClN3O3/c1-2-23-14(21)10-19-15-13(7-4-8-18-15)20-16(22)11-5-3-6-12(17)9-11/h3-9H,2,10H2,1H3,(H,18,19)(H,20,22). The Morgan fingerprint density at radius 1 is 1.26 bits per heavy atom. The van der Waals surface area contributed by atoms with E-state index < -0.39 is 5.97 Å². The third kappa shape index (κ3) is 4.96. The highest BCUT2D eigenvalue weighted by Gasteiger charge is 2.11. The molecule has 2 aromatic rings. The molecule has 0 bridgehead atoms. The molecule has 7 heteroatoms. The predicted octanol–water partition coefficient (Wildman–Crippen LogP) is 2.96. The van der Waals surface area contributed by atoms with E-state index in [4.69, 9.17) is 16.3 Å². The number of ether oxygens (including phenoxy) is 1. The lowest BCUT2D eigenvalue weighted by Crippen LogP contribution is -2.19. The Labute approximate surface area is 138 Å². The van der Waals surface area contributed by atoms with E-state index >= 15 is 0 Å². The minimum Gasteiger partial charge on any atom is -0.465 e. The second-order valence-electron chi connectivity index (χ2n) is 4.52. The number of pyridine rings is 1. The molecule has 0 fully saturated rings.